The molecule has 1 fully saturated rings. The zero-order chi connectivity index (χ0) is 9.23. The van der Waals surface area contributed by atoms with Crippen molar-refractivity contribution in [1.29, 1.82) is 0 Å². The molecule has 0 bridgehead atoms. The van der Waals surface area contributed by atoms with Crippen LogP contribution in [0.25, 0.3) is 0 Å². The van der Waals surface area contributed by atoms with E-state index >= 15 is 0 Å². The summed E-state index contributed by atoms with van der Waals surface area (Å²) in [5.74, 6) is 0. The molecule has 0 unspecified atom stereocenters. The number of primary amides is 1. The molecule has 1 amide bonds. The zero-order valence-electron chi connectivity index (χ0n) is 7.84. The standard InChI is InChI=1S/C6H12.C3H7NO2/c1-2-4-6-5-3-1;1-2-6-3(4)5/h1-6H2;2H2,1H3,(H2,4,5). The Hall–Kier alpha value is -0.730. The van der Waals surface area contributed by atoms with Gasteiger partial charge in [-0.25, -0.2) is 4.79 Å². The molecule has 3 heteroatoms. The third kappa shape index (κ3) is 9.27. The first-order valence-corrected chi connectivity index (χ1v) is 4.69. The molecular formula is C9H19NO2. The van der Waals surface area contributed by atoms with Gasteiger partial charge in [0.05, 0.1) is 6.61 Å². The van der Waals surface area contributed by atoms with E-state index < -0.39 is 6.09 Å². The highest BCUT2D eigenvalue weighted by Crippen LogP contribution is 2.15. The predicted octanol–water partition coefficient (Wildman–Crippen LogP) is 2.44. The number of hydrogen-bond donors (Lipinski definition) is 1. The molecule has 0 aromatic rings. The van der Waals surface area contributed by atoms with Crippen molar-refractivity contribution < 1.29 is 9.53 Å². The number of amides is 1. The summed E-state index contributed by atoms with van der Waals surface area (Å²) in [6.07, 6.45) is 8.29. The normalized spacial score (nSPS) is 15.8. The van der Waals surface area contributed by atoms with E-state index in [1.165, 1.54) is 38.5 Å². The summed E-state index contributed by atoms with van der Waals surface area (Å²) in [6, 6.07) is 0. The molecule has 0 atom stereocenters. The molecular weight excluding hydrogens is 154 g/mol. The monoisotopic (exact) mass is 173 g/mol. The van der Waals surface area contributed by atoms with Crippen LogP contribution in [0.15, 0.2) is 0 Å². The minimum Gasteiger partial charge on any atom is -0.450 e. The first-order chi connectivity index (χ1) is 5.77. The largest absolute Gasteiger partial charge is 0.450 e. The van der Waals surface area contributed by atoms with Crippen LogP contribution in [0.4, 0.5) is 4.79 Å². The summed E-state index contributed by atoms with van der Waals surface area (Å²) in [5.41, 5.74) is 4.54. The topological polar surface area (TPSA) is 52.3 Å². The maximum Gasteiger partial charge on any atom is 0.404 e. The van der Waals surface area contributed by atoms with Crippen LogP contribution in [0.3, 0.4) is 0 Å². The van der Waals surface area contributed by atoms with Crippen LogP contribution < -0.4 is 5.73 Å². The molecule has 0 saturated heterocycles. The molecule has 1 saturated carbocycles. The first-order valence-electron chi connectivity index (χ1n) is 4.69. The molecule has 0 aromatic carbocycles. The Morgan fingerprint density at radius 1 is 1.17 bits per heavy atom. The Morgan fingerprint density at radius 3 is 1.58 bits per heavy atom. The van der Waals surface area contributed by atoms with E-state index in [-0.39, 0.29) is 0 Å². The molecule has 0 radical (unpaired) electrons. The predicted molar refractivity (Wildman–Crippen MR) is 48.9 cm³/mol. The average molecular weight is 173 g/mol. The quantitative estimate of drug-likeness (QED) is 0.662. The van der Waals surface area contributed by atoms with Gasteiger partial charge in [0.1, 0.15) is 0 Å². The van der Waals surface area contributed by atoms with Gasteiger partial charge in [0.2, 0.25) is 0 Å². The van der Waals surface area contributed by atoms with E-state index in [0.717, 1.165) is 0 Å². The van der Waals surface area contributed by atoms with Gasteiger partial charge in [-0.2, -0.15) is 0 Å². The molecule has 1 rings (SSSR count). The lowest BCUT2D eigenvalue weighted by atomic mass is 10.0. The number of nitrogens with two attached hydrogens (primary N) is 1. The lowest BCUT2D eigenvalue weighted by Crippen LogP contribution is -2.11. The summed E-state index contributed by atoms with van der Waals surface area (Å²) in [6.45, 7) is 2.06. The van der Waals surface area contributed by atoms with Gasteiger partial charge in [-0.3, -0.25) is 0 Å². The number of rotatable bonds is 1. The van der Waals surface area contributed by atoms with Crippen LogP contribution in [-0.4, -0.2) is 12.7 Å². The lowest BCUT2D eigenvalue weighted by Gasteiger charge is -2.05. The minimum atomic E-state index is -0.711. The average Bonchev–Trinajstić information content (AvgIpc) is 2.08. The van der Waals surface area contributed by atoms with E-state index in [1.54, 1.807) is 6.92 Å². The molecule has 72 valence electrons. The van der Waals surface area contributed by atoms with Gasteiger partial charge in [-0.15, -0.1) is 0 Å². The number of carbonyl (C=O) groups is 1. The van der Waals surface area contributed by atoms with E-state index in [0.29, 0.717) is 6.61 Å². The van der Waals surface area contributed by atoms with E-state index in [1.807, 2.05) is 0 Å². The maximum atomic E-state index is 9.60. The SMILES string of the molecule is C1CCCCC1.CCOC(N)=O. The van der Waals surface area contributed by atoms with Crippen LogP contribution in [0, 0.1) is 0 Å². The van der Waals surface area contributed by atoms with Crippen molar-refractivity contribution in [3.8, 4) is 0 Å². The molecule has 1 aliphatic carbocycles. The third-order valence-corrected chi connectivity index (χ3v) is 1.79. The van der Waals surface area contributed by atoms with E-state index in [9.17, 15) is 4.79 Å². The van der Waals surface area contributed by atoms with Crippen LogP contribution in [0.1, 0.15) is 45.4 Å². The molecule has 0 aliphatic heterocycles. The number of ether oxygens (including phenoxy) is 1. The smallest absolute Gasteiger partial charge is 0.404 e. The van der Waals surface area contributed by atoms with Crippen molar-refractivity contribution in [3.05, 3.63) is 0 Å². The Morgan fingerprint density at radius 2 is 1.50 bits per heavy atom. The summed E-state index contributed by atoms with van der Waals surface area (Å²) in [5, 5.41) is 0. The van der Waals surface area contributed by atoms with Crippen molar-refractivity contribution in [3.63, 3.8) is 0 Å². The van der Waals surface area contributed by atoms with Gasteiger partial charge in [0.15, 0.2) is 0 Å². The molecule has 3 nitrogen and oxygen atoms in total. The molecule has 0 aromatic heterocycles. The maximum absolute atomic E-state index is 9.60. The minimum absolute atomic E-state index is 0.356. The van der Waals surface area contributed by atoms with Crippen molar-refractivity contribution in [2.75, 3.05) is 6.61 Å². The summed E-state index contributed by atoms with van der Waals surface area (Å²) >= 11 is 0. The van der Waals surface area contributed by atoms with Crippen molar-refractivity contribution in [2.24, 2.45) is 5.73 Å². The molecule has 2 N–H and O–H groups in total. The second-order valence-electron chi connectivity index (χ2n) is 2.87. The van der Waals surface area contributed by atoms with Gasteiger partial charge in [0.25, 0.3) is 0 Å². The van der Waals surface area contributed by atoms with Crippen molar-refractivity contribution >= 4 is 6.09 Å². The molecule has 1 aliphatic rings. The first kappa shape index (κ1) is 11.3. The second-order valence-corrected chi connectivity index (χ2v) is 2.87. The highest BCUT2D eigenvalue weighted by Gasteiger charge is 1.95. The fraction of sp³-hybridized carbons (Fsp3) is 0.889. The summed E-state index contributed by atoms with van der Waals surface area (Å²) < 4.78 is 4.18. The third-order valence-electron chi connectivity index (χ3n) is 1.79. The molecule has 12 heavy (non-hydrogen) atoms. The van der Waals surface area contributed by atoms with Gasteiger partial charge >= 0.3 is 6.09 Å². The van der Waals surface area contributed by atoms with Gasteiger partial charge in [-0.05, 0) is 6.92 Å². The van der Waals surface area contributed by atoms with E-state index in [4.69, 9.17) is 0 Å². The highest BCUT2D eigenvalue weighted by atomic mass is 16.5. The zero-order valence-corrected chi connectivity index (χ0v) is 7.84. The second kappa shape index (κ2) is 8.37. The van der Waals surface area contributed by atoms with Crippen LogP contribution in [0.2, 0.25) is 0 Å². The molecule has 0 heterocycles. The van der Waals surface area contributed by atoms with Crippen molar-refractivity contribution in [1.82, 2.24) is 0 Å². The van der Waals surface area contributed by atoms with Gasteiger partial charge < -0.3 is 10.5 Å². The van der Waals surface area contributed by atoms with Gasteiger partial charge in [0, 0.05) is 0 Å². The molecule has 0 spiro atoms. The van der Waals surface area contributed by atoms with Gasteiger partial charge in [-0.1, -0.05) is 38.5 Å². The Balaban J connectivity index is 0.000000202. The Kier molecular flexibility index (Phi) is 7.86. The van der Waals surface area contributed by atoms with Crippen LogP contribution in [0.5, 0.6) is 0 Å². The highest BCUT2D eigenvalue weighted by molar-refractivity contribution is 5.64. The summed E-state index contributed by atoms with van der Waals surface area (Å²) in [4.78, 5) is 9.60. The fourth-order valence-electron chi connectivity index (χ4n) is 1.20. The summed E-state index contributed by atoms with van der Waals surface area (Å²) in [7, 11) is 0. The number of carbonyl (C=O) groups excluding carboxylic acids is 1. The van der Waals surface area contributed by atoms with Crippen LogP contribution in [-0.2, 0) is 4.74 Å². The van der Waals surface area contributed by atoms with Crippen molar-refractivity contribution in [2.45, 2.75) is 45.4 Å². The number of hydrogen-bond acceptors (Lipinski definition) is 2. The Labute approximate surface area is 74.3 Å². The lowest BCUT2D eigenvalue weighted by molar-refractivity contribution is 0.163. The fourth-order valence-corrected chi connectivity index (χ4v) is 1.20. The van der Waals surface area contributed by atoms with E-state index in [2.05, 4.69) is 10.5 Å². The Bertz CT molecular complexity index is 99.6. The van der Waals surface area contributed by atoms with Crippen LogP contribution >= 0.6 is 0 Å².